The first-order chi connectivity index (χ1) is 15.0. The van der Waals surface area contributed by atoms with Gasteiger partial charge in [-0.15, -0.1) is 0 Å². The molecule has 1 aliphatic rings. The highest BCUT2D eigenvalue weighted by Crippen LogP contribution is 2.43. The first-order valence-corrected chi connectivity index (χ1v) is 10.1. The van der Waals surface area contributed by atoms with Crippen LogP contribution in [0.15, 0.2) is 83.4 Å². The molecule has 0 saturated heterocycles. The summed E-state index contributed by atoms with van der Waals surface area (Å²) in [6.07, 6.45) is 0. The molecular weight excluding hydrogens is 406 g/mol. The number of phenols is 1. The number of hydrogen-bond acceptors (Lipinski definition) is 4. The van der Waals surface area contributed by atoms with Crippen molar-refractivity contribution < 1.29 is 5.11 Å². The number of halogens is 1. The van der Waals surface area contributed by atoms with Gasteiger partial charge in [-0.3, -0.25) is 4.99 Å². The summed E-state index contributed by atoms with van der Waals surface area (Å²) in [5, 5.41) is 29.8. The Morgan fingerprint density at radius 1 is 0.903 bits per heavy atom. The Hall–Kier alpha value is -3.86. The maximum atomic E-state index is 10.0. The summed E-state index contributed by atoms with van der Waals surface area (Å²) >= 11 is 6.12. The minimum atomic E-state index is -0.595. The minimum Gasteiger partial charge on any atom is -0.506 e. The second kappa shape index (κ2) is 8.48. The Bertz CT molecular complexity index is 1280. The van der Waals surface area contributed by atoms with Crippen molar-refractivity contribution in [3.05, 3.63) is 94.5 Å². The lowest BCUT2D eigenvalue weighted by Gasteiger charge is -2.28. The number of nitriles is 2. The van der Waals surface area contributed by atoms with Gasteiger partial charge in [-0.2, -0.15) is 10.5 Å². The van der Waals surface area contributed by atoms with E-state index in [1.807, 2.05) is 54.6 Å². The number of rotatable bonds is 3. The number of aliphatic imine (C=N–C) groups is 1. The van der Waals surface area contributed by atoms with Gasteiger partial charge in [-0.25, -0.2) is 0 Å². The van der Waals surface area contributed by atoms with Crippen LogP contribution in [-0.4, -0.2) is 10.8 Å². The fourth-order valence-corrected chi connectivity index (χ4v) is 4.09. The smallest absolute Gasteiger partial charge is 0.134 e. The van der Waals surface area contributed by atoms with E-state index < -0.39 is 11.8 Å². The SMILES string of the molecule is CC1=NC(c2ccc(-c3ccccc3)cc2)=C(C#N)C(c2ccc(O)c(Cl)c2)C1C#N. The van der Waals surface area contributed by atoms with Crippen LogP contribution in [0.1, 0.15) is 24.0 Å². The summed E-state index contributed by atoms with van der Waals surface area (Å²) in [6.45, 7) is 1.80. The molecule has 0 spiro atoms. The molecular formula is C26H18ClN3O. The number of hydrogen-bond donors (Lipinski definition) is 1. The Balaban J connectivity index is 1.83. The third kappa shape index (κ3) is 3.82. The molecule has 4 nitrogen and oxygen atoms in total. The summed E-state index contributed by atoms with van der Waals surface area (Å²) in [5.74, 6) is -1.16. The Morgan fingerprint density at radius 3 is 2.16 bits per heavy atom. The van der Waals surface area contributed by atoms with Gasteiger partial charge in [0.1, 0.15) is 5.75 Å². The topological polar surface area (TPSA) is 80.2 Å². The third-order valence-corrected chi connectivity index (χ3v) is 5.80. The molecule has 0 aliphatic carbocycles. The number of nitrogens with zero attached hydrogens (tertiary/aromatic N) is 3. The molecule has 4 rings (SSSR count). The fourth-order valence-electron chi connectivity index (χ4n) is 3.90. The number of benzene rings is 3. The molecule has 150 valence electrons. The van der Waals surface area contributed by atoms with Crippen molar-refractivity contribution in [2.24, 2.45) is 10.9 Å². The van der Waals surface area contributed by atoms with E-state index >= 15 is 0 Å². The molecule has 1 N–H and O–H groups in total. The third-order valence-electron chi connectivity index (χ3n) is 5.49. The van der Waals surface area contributed by atoms with Gasteiger partial charge >= 0.3 is 0 Å². The molecule has 3 aromatic carbocycles. The molecule has 0 saturated carbocycles. The Kier molecular flexibility index (Phi) is 5.58. The average Bonchev–Trinajstić information content (AvgIpc) is 2.81. The standard InChI is InChI=1S/C26H18ClN3O/c1-16-21(14-28)25(20-11-12-24(31)23(27)13-20)22(15-29)26(30-16)19-9-7-18(8-10-19)17-5-3-2-4-6-17/h2-13,21,25,31H,1H3. The van der Waals surface area contributed by atoms with E-state index in [0.29, 0.717) is 22.5 Å². The second-order valence-electron chi connectivity index (χ2n) is 7.37. The lowest BCUT2D eigenvalue weighted by atomic mass is 9.76. The van der Waals surface area contributed by atoms with Crippen LogP contribution in [0.4, 0.5) is 0 Å². The van der Waals surface area contributed by atoms with Crippen molar-refractivity contribution >= 4 is 23.0 Å². The van der Waals surface area contributed by atoms with Crippen LogP contribution in [0.5, 0.6) is 5.75 Å². The molecule has 3 aromatic rings. The second-order valence-corrected chi connectivity index (χ2v) is 7.77. The molecule has 2 unspecified atom stereocenters. The van der Waals surface area contributed by atoms with Gasteiger partial charge in [0.15, 0.2) is 0 Å². The van der Waals surface area contributed by atoms with Crippen molar-refractivity contribution in [1.82, 2.24) is 0 Å². The van der Waals surface area contributed by atoms with Crippen molar-refractivity contribution in [2.45, 2.75) is 12.8 Å². The van der Waals surface area contributed by atoms with Crippen LogP contribution in [-0.2, 0) is 0 Å². The predicted molar refractivity (Wildman–Crippen MR) is 122 cm³/mol. The molecule has 1 aliphatic heterocycles. The molecule has 0 aromatic heterocycles. The van der Waals surface area contributed by atoms with E-state index in [4.69, 9.17) is 11.6 Å². The summed E-state index contributed by atoms with van der Waals surface area (Å²) < 4.78 is 0. The van der Waals surface area contributed by atoms with E-state index in [2.05, 4.69) is 17.1 Å². The van der Waals surface area contributed by atoms with Gasteiger partial charge in [0.2, 0.25) is 0 Å². The minimum absolute atomic E-state index is 0.0423. The van der Waals surface area contributed by atoms with Crippen LogP contribution in [0, 0.1) is 28.6 Å². The van der Waals surface area contributed by atoms with E-state index in [9.17, 15) is 15.6 Å². The van der Waals surface area contributed by atoms with Gasteiger partial charge < -0.3 is 5.11 Å². The Labute approximate surface area is 186 Å². The first kappa shape index (κ1) is 20.4. The summed E-state index contributed by atoms with van der Waals surface area (Å²) in [7, 11) is 0. The van der Waals surface area contributed by atoms with Gasteiger partial charge in [0.25, 0.3) is 0 Å². The lowest BCUT2D eigenvalue weighted by molar-refractivity contribution is 0.475. The van der Waals surface area contributed by atoms with Crippen LogP contribution in [0.2, 0.25) is 5.02 Å². The zero-order chi connectivity index (χ0) is 22.0. The quantitative estimate of drug-likeness (QED) is 0.533. The fraction of sp³-hybridized carbons (Fsp3) is 0.115. The molecule has 0 bridgehead atoms. The van der Waals surface area contributed by atoms with Crippen molar-refractivity contribution in [3.63, 3.8) is 0 Å². The van der Waals surface area contributed by atoms with Crippen LogP contribution < -0.4 is 0 Å². The molecule has 31 heavy (non-hydrogen) atoms. The predicted octanol–water partition coefficient (Wildman–Crippen LogP) is 6.35. The normalized spacial score (nSPS) is 18.1. The van der Waals surface area contributed by atoms with Crippen LogP contribution >= 0.6 is 11.6 Å². The van der Waals surface area contributed by atoms with Gasteiger partial charge in [0, 0.05) is 17.2 Å². The van der Waals surface area contributed by atoms with Gasteiger partial charge in [0.05, 0.1) is 34.3 Å². The largest absolute Gasteiger partial charge is 0.506 e. The van der Waals surface area contributed by atoms with E-state index in [0.717, 1.165) is 16.7 Å². The molecule has 0 radical (unpaired) electrons. The average molecular weight is 424 g/mol. The van der Waals surface area contributed by atoms with Gasteiger partial charge in [-0.05, 0) is 35.7 Å². The molecule has 1 heterocycles. The van der Waals surface area contributed by atoms with Crippen LogP contribution in [0.25, 0.3) is 16.8 Å². The number of allylic oxidation sites excluding steroid dienone is 1. The van der Waals surface area contributed by atoms with Crippen molar-refractivity contribution in [2.75, 3.05) is 0 Å². The van der Waals surface area contributed by atoms with Crippen molar-refractivity contribution in [1.29, 1.82) is 10.5 Å². The monoisotopic (exact) mass is 423 g/mol. The first-order valence-electron chi connectivity index (χ1n) is 9.77. The number of aromatic hydroxyl groups is 1. The van der Waals surface area contributed by atoms with Crippen LogP contribution in [0.3, 0.4) is 0 Å². The summed E-state index contributed by atoms with van der Waals surface area (Å²) in [5.41, 5.74) is 5.27. The lowest BCUT2D eigenvalue weighted by Crippen LogP contribution is -2.25. The van der Waals surface area contributed by atoms with Crippen molar-refractivity contribution in [3.8, 4) is 29.0 Å². The molecule has 0 fully saturated rings. The number of phenolic OH excluding ortho intramolecular Hbond substituents is 1. The summed E-state index contributed by atoms with van der Waals surface area (Å²) in [4.78, 5) is 4.64. The molecule has 2 atom stereocenters. The van der Waals surface area contributed by atoms with E-state index in [1.165, 1.54) is 6.07 Å². The zero-order valence-corrected chi connectivity index (χ0v) is 17.5. The molecule has 0 amide bonds. The highest BCUT2D eigenvalue weighted by molar-refractivity contribution is 6.32. The zero-order valence-electron chi connectivity index (χ0n) is 16.7. The molecule has 5 heteroatoms. The highest BCUT2D eigenvalue weighted by atomic mass is 35.5. The van der Waals surface area contributed by atoms with E-state index in [-0.39, 0.29) is 10.8 Å². The maximum absolute atomic E-state index is 10.0. The summed E-state index contributed by atoms with van der Waals surface area (Å²) in [6, 6.07) is 27.3. The highest BCUT2D eigenvalue weighted by Gasteiger charge is 2.35. The maximum Gasteiger partial charge on any atom is 0.134 e. The van der Waals surface area contributed by atoms with Gasteiger partial charge in [-0.1, -0.05) is 72.3 Å². The van der Waals surface area contributed by atoms with E-state index in [1.54, 1.807) is 19.1 Å². The Morgan fingerprint density at radius 2 is 1.55 bits per heavy atom.